The summed E-state index contributed by atoms with van der Waals surface area (Å²) in [6.45, 7) is 7.36. The molecule has 0 aromatic rings. The zero-order valence-corrected chi connectivity index (χ0v) is 7.06. The first-order chi connectivity index (χ1) is 4.39. The first-order valence-electron chi connectivity index (χ1n) is 3.33. The van der Waals surface area contributed by atoms with E-state index in [2.05, 4.69) is 0 Å². The molecule has 0 aromatic heterocycles. The Kier molecular flexibility index (Phi) is 2.64. The monoisotopic (exact) mass is 141 g/mol. The Balaban J connectivity index is 4.39. The van der Waals surface area contributed by atoms with Crippen LogP contribution in [-0.2, 0) is 4.79 Å². The third kappa shape index (κ3) is 2.21. The Morgan fingerprint density at radius 2 is 1.80 bits per heavy atom. The smallest absolute Gasteiger partial charge is 0.165 e. The van der Waals surface area contributed by atoms with Crippen LogP contribution in [-0.4, -0.2) is 5.78 Å². The van der Waals surface area contributed by atoms with Gasteiger partial charge in [-0.2, -0.15) is 0 Å². The molecule has 0 heterocycles. The highest BCUT2D eigenvalue weighted by atomic mass is 16.1. The van der Waals surface area contributed by atoms with Crippen LogP contribution in [0.15, 0.2) is 11.8 Å². The molecule has 0 aliphatic heterocycles. The van der Waals surface area contributed by atoms with Gasteiger partial charge in [-0.1, -0.05) is 20.8 Å². The highest BCUT2D eigenvalue weighted by Gasteiger charge is 2.21. The maximum absolute atomic E-state index is 11.2. The van der Waals surface area contributed by atoms with E-state index in [1.807, 2.05) is 20.8 Å². The normalized spacial score (nSPS) is 13.4. The van der Waals surface area contributed by atoms with Crippen LogP contribution in [0.1, 0.15) is 27.7 Å². The number of ketones is 1. The van der Waals surface area contributed by atoms with Gasteiger partial charge in [0, 0.05) is 17.2 Å². The summed E-state index contributed by atoms with van der Waals surface area (Å²) in [7, 11) is 0. The van der Waals surface area contributed by atoms with Gasteiger partial charge in [0.25, 0.3) is 0 Å². The molecular weight excluding hydrogens is 126 g/mol. The summed E-state index contributed by atoms with van der Waals surface area (Å²) in [6, 6.07) is 0. The Bertz CT molecular complexity index is 163. The Labute approximate surface area is 62.1 Å². The molecule has 0 spiro atoms. The second-order valence-corrected chi connectivity index (χ2v) is 3.43. The van der Waals surface area contributed by atoms with Crippen LogP contribution < -0.4 is 5.73 Å². The van der Waals surface area contributed by atoms with E-state index in [0.717, 1.165) is 0 Å². The van der Waals surface area contributed by atoms with Gasteiger partial charge in [-0.15, -0.1) is 0 Å². The molecule has 0 fully saturated rings. The number of hydrogen-bond acceptors (Lipinski definition) is 2. The minimum Gasteiger partial charge on any atom is -0.404 e. The van der Waals surface area contributed by atoms with Crippen molar-refractivity contribution in [1.82, 2.24) is 0 Å². The van der Waals surface area contributed by atoms with E-state index in [1.165, 1.54) is 6.20 Å². The fourth-order valence-electron chi connectivity index (χ4n) is 0.667. The molecule has 2 nitrogen and oxygen atoms in total. The van der Waals surface area contributed by atoms with Crippen LogP contribution in [0, 0.1) is 5.41 Å². The number of rotatable bonds is 1. The summed E-state index contributed by atoms with van der Waals surface area (Å²) in [5.74, 6) is 0.106. The van der Waals surface area contributed by atoms with Crippen LogP contribution in [0.25, 0.3) is 0 Å². The van der Waals surface area contributed by atoms with E-state index >= 15 is 0 Å². The predicted molar refractivity (Wildman–Crippen MR) is 42.4 cm³/mol. The molecular formula is C8H15NO. The number of hydrogen-bond donors (Lipinski definition) is 1. The van der Waals surface area contributed by atoms with Gasteiger partial charge >= 0.3 is 0 Å². The van der Waals surface area contributed by atoms with Crippen molar-refractivity contribution < 1.29 is 4.79 Å². The average molecular weight is 141 g/mol. The number of nitrogens with two attached hydrogens (primary N) is 1. The molecule has 2 heteroatoms. The SMILES string of the molecule is C/C(=C\N)C(=O)C(C)(C)C. The molecule has 0 amide bonds. The van der Waals surface area contributed by atoms with E-state index in [9.17, 15) is 4.79 Å². The fraction of sp³-hybridized carbons (Fsp3) is 0.625. The van der Waals surface area contributed by atoms with Crippen molar-refractivity contribution in [2.75, 3.05) is 0 Å². The summed E-state index contributed by atoms with van der Waals surface area (Å²) in [6.07, 6.45) is 1.35. The van der Waals surface area contributed by atoms with E-state index in [4.69, 9.17) is 5.73 Å². The molecule has 0 aliphatic rings. The molecule has 0 unspecified atom stereocenters. The summed E-state index contributed by atoms with van der Waals surface area (Å²) in [4.78, 5) is 11.2. The van der Waals surface area contributed by atoms with Gasteiger partial charge in [0.05, 0.1) is 0 Å². The second-order valence-electron chi connectivity index (χ2n) is 3.43. The second kappa shape index (κ2) is 2.86. The van der Waals surface area contributed by atoms with Crippen LogP contribution in [0.4, 0.5) is 0 Å². The lowest BCUT2D eigenvalue weighted by Gasteiger charge is -2.15. The van der Waals surface area contributed by atoms with Crippen molar-refractivity contribution in [2.45, 2.75) is 27.7 Å². The number of carbonyl (C=O) groups excluding carboxylic acids is 1. The summed E-state index contributed by atoms with van der Waals surface area (Å²) in [5, 5.41) is 0. The zero-order valence-electron chi connectivity index (χ0n) is 7.06. The fourth-order valence-corrected chi connectivity index (χ4v) is 0.667. The highest BCUT2D eigenvalue weighted by molar-refractivity contribution is 5.98. The third-order valence-electron chi connectivity index (χ3n) is 1.29. The first-order valence-corrected chi connectivity index (χ1v) is 3.33. The topological polar surface area (TPSA) is 43.1 Å². The third-order valence-corrected chi connectivity index (χ3v) is 1.29. The molecule has 0 bridgehead atoms. The summed E-state index contributed by atoms with van der Waals surface area (Å²) in [5.41, 5.74) is 5.51. The molecule has 0 aromatic carbocycles. The van der Waals surface area contributed by atoms with Crippen molar-refractivity contribution in [3.8, 4) is 0 Å². The minimum absolute atomic E-state index is 0.106. The first kappa shape index (κ1) is 9.21. The van der Waals surface area contributed by atoms with Crippen LogP contribution in [0.3, 0.4) is 0 Å². The minimum atomic E-state index is -0.306. The lowest BCUT2D eigenvalue weighted by atomic mass is 9.87. The van der Waals surface area contributed by atoms with Gasteiger partial charge in [-0.3, -0.25) is 4.79 Å². The van der Waals surface area contributed by atoms with Crippen molar-refractivity contribution in [3.63, 3.8) is 0 Å². The predicted octanol–water partition coefficient (Wildman–Crippen LogP) is 1.46. The van der Waals surface area contributed by atoms with Gasteiger partial charge in [0.15, 0.2) is 5.78 Å². The van der Waals surface area contributed by atoms with Crippen molar-refractivity contribution >= 4 is 5.78 Å². The molecule has 0 saturated carbocycles. The van der Waals surface area contributed by atoms with Gasteiger partial charge in [-0.25, -0.2) is 0 Å². The van der Waals surface area contributed by atoms with E-state index in [1.54, 1.807) is 6.92 Å². The number of Topliss-reactive ketones (excluding diaryl/α,β-unsaturated/α-hetero) is 1. The maximum Gasteiger partial charge on any atom is 0.165 e. The highest BCUT2D eigenvalue weighted by Crippen LogP contribution is 2.18. The van der Waals surface area contributed by atoms with Crippen molar-refractivity contribution in [3.05, 3.63) is 11.8 Å². The Hall–Kier alpha value is -0.790. The Morgan fingerprint density at radius 1 is 1.40 bits per heavy atom. The van der Waals surface area contributed by atoms with E-state index in [-0.39, 0.29) is 11.2 Å². The molecule has 58 valence electrons. The lowest BCUT2D eigenvalue weighted by molar-refractivity contribution is -0.122. The standard InChI is InChI=1S/C8H15NO/c1-6(5-9)7(10)8(2,3)4/h5H,9H2,1-4H3/b6-5+. The van der Waals surface area contributed by atoms with Crippen molar-refractivity contribution in [1.29, 1.82) is 0 Å². The molecule has 10 heavy (non-hydrogen) atoms. The quantitative estimate of drug-likeness (QED) is 0.562. The lowest BCUT2D eigenvalue weighted by Crippen LogP contribution is -2.21. The molecule has 0 rings (SSSR count). The number of carbonyl (C=O) groups is 1. The molecule has 0 aliphatic carbocycles. The summed E-state index contributed by atoms with van der Waals surface area (Å²) < 4.78 is 0. The molecule has 0 radical (unpaired) electrons. The van der Waals surface area contributed by atoms with Crippen LogP contribution in [0.2, 0.25) is 0 Å². The maximum atomic E-state index is 11.2. The number of allylic oxidation sites excluding steroid dienone is 1. The molecule has 0 saturated heterocycles. The van der Waals surface area contributed by atoms with E-state index < -0.39 is 0 Å². The van der Waals surface area contributed by atoms with Gasteiger partial charge < -0.3 is 5.73 Å². The largest absolute Gasteiger partial charge is 0.404 e. The summed E-state index contributed by atoms with van der Waals surface area (Å²) >= 11 is 0. The van der Waals surface area contributed by atoms with Crippen LogP contribution >= 0.6 is 0 Å². The zero-order chi connectivity index (χ0) is 8.36. The average Bonchev–Trinajstić information content (AvgIpc) is 1.83. The molecule has 0 atom stereocenters. The van der Waals surface area contributed by atoms with Gasteiger partial charge in [0.2, 0.25) is 0 Å². The van der Waals surface area contributed by atoms with Crippen molar-refractivity contribution in [2.24, 2.45) is 11.1 Å². The molecule has 2 N–H and O–H groups in total. The van der Waals surface area contributed by atoms with Gasteiger partial charge in [-0.05, 0) is 6.92 Å². The van der Waals surface area contributed by atoms with E-state index in [0.29, 0.717) is 5.57 Å². The van der Waals surface area contributed by atoms with Gasteiger partial charge in [0.1, 0.15) is 0 Å². The van der Waals surface area contributed by atoms with Crippen LogP contribution in [0.5, 0.6) is 0 Å². The Morgan fingerprint density at radius 3 is 1.90 bits per heavy atom.